The molecule has 19 heavy (non-hydrogen) atoms. The minimum atomic E-state index is -0.156. The highest BCUT2D eigenvalue weighted by atomic mass is 15.0. The van der Waals surface area contributed by atoms with Crippen molar-refractivity contribution in [1.29, 1.82) is 5.26 Å². The van der Waals surface area contributed by atoms with Gasteiger partial charge in [0, 0.05) is 6.04 Å². The summed E-state index contributed by atoms with van der Waals surface area (Å²) >= 11 is 0. The molecule has 1 N–H and O–H groups in total. The van der Waals surface area contributed by atoms with Gasteiger partial charge in [-0.2, -0.15) is 5.26 Å². The van der Waals surface area contributed by atoms with E-state index in [2.05, 4.69) is 49.5 Å². The van der Waals surface area contributed by atoms with Crippen molar-refractivity contribution in [3.05, 3.63) is 35.4 Å². The number of hydrogen-bond donors (Lipinski definition) is 1. The SMILES string of the molecule is CC(C)Cc1ccc(C(C#N)NC2CCCC2)cc1. The Morgan fingerprint density at radius 1 is 1.21 bits per heavy atom. The lowest BCUT2D eigenvalue weighted by atomic mass is 9.99. The first-order valence-corrected chi connectivity index (χ1v) is 7.43. The van der Waals surface area contributed by atoms with Crippen molar-refractivity contribution < 1.29 is 0 Å². The van der Waals surface area contributed by atoms with Crippen LogP contribution in [0.4, 0.5) is 0 Å². The Morgan fingerprint density at radius 3 is 2.37 bits per heavy atom. The van der Waals surface area contributed by atoms with Crippen LogP contribution in [-0.2, 0) is 6.42 Å². The lowest BCUT2D eigenvalue weighted by molar-refractivity contribution is 0.492. The first kappa shape index (κ1) is 14.1. The molecule has 1 aliphatic carbocycles. The van der Waals surface area contributed by atoms with Crippen molar-refractivity contribution >= 4 is 0 Å². The van der Waals surface area contributed by atoms with Gasteiger partial charge in [-0.05, 0) is 36.3 Å². The Balaban J connectivity index is 2.00. The van der Waals surface area contributed by atoms with Gasteiger partial charge in [0.15, 0.2) is 0 Å². The van der Waals surface area contributed by atoms with E-state index in [1.807, 2.05) is 0 Å². The molecule has 1 fully saturated rings. The zero-order valence-corrected chi connectivity index (χ0v) is 12.0. The molecule has 1 aromatic rings. The van der Waals surface area contributed by atoms with Crippen LogP contribution in [0.2, 0.25) is 0 Å². The quantitative estimate of drug-likeness (QED) is 0.865. The molecule has 0 radical (unpaired) electrons. The molecule has 0 saturated heterocycles. The predicted octanol–water partition coefficient (Wildman–Crippen LogP) is 3.98. The van der Waals surface area contributed by atoms with Gasteiger partial charge in [-0.1, -0.05) is 51.0 Å². The largest absolute Gasteiger partial charge is 0.295 e. The normalized spacial score (nSPS) is 17.6. The smallest absolute Gasteiger partial charge is 0.121 e. The lowest BCUT2D eigenvalue weighted by Gasteiger charge is -2.17. The van der Waals surface area contributed by atoms with Gasteiger partial charge in [-0.3, -0.25) is 5.32 Å². The summed E-state index contributed by atoms with van der Waals surface area (Å²) in [7, 11) is 0. The monoisotopic (exact) mass is 256 g/mol. The van der Waals surface area contributed by atoms with Crippen LogP contribution in [0.5, 0.6) is 0 Å². The summed E-state index contributed by atoms with van der Waals surface area (Å²) in [4.78, 5) is 0. The zero-order valence-electron chi connectivity index (χ0n) is 12.0. The summed E-state index contributed by atoms with van der Waals surface area (Å²) in [5.74, 6) is 0.675. The fourth-order valence-electron chi connectivity index (χ4n) is 2.85. The number of benzene rings is 1. The summed E-state index contributed by atoms with van der Waals surface area (Å²) in [6.45, 7) is 4.46. The van der Waals surface area contributed by atoms with Crippen LogP contribution in [0, 0.1) is 17.2 Å². The van der Waals surface area contributed by atoms with Crippen molar-refractivity contribution in [1.82, 2.24) is 5.32 Å². The van der Waals surface area contributed by atoms with Gasteiger partial charge in [0.25, 0.3) is 0 Å². The van der Waals surface area contributed by atoms with Gasteiger partial charge in [-0.15, -0.1) is 0 Å². The molecule has 0 heterocycles. The van der Waals surface area contributed by atoms with Gasteiger partial charge < -0.3 is 0 Å². The molecule has 1 aromatic carbocycles. The molecule has 1 saturated carbocycles. The maximum absolute atomic E-state index is 9.34. The van der Waals surface area contributed by atoms with E-state index in [1.54, 1.807) is 0 Å². The van der Waals surface area contributed by atoms with Crippen molar-refractivity contribution in [2.24, 2.45) is 5.92 Å². The van der Waals surface area contributed by atoms with Gasteiger partial charge >= 0.3 is 0 Å². The molecule has 1 atom stereocenters. The number of rotatable bonds is 5. The maximum Gasteiger partial charge on any atom is 0.121 e. The van der Waals surface area contributed by atoms with E-state index in [4.69, 9.17) is 0 Å². The second-order valence-corrected chi connectivity index (χ2v) is 6.05. The first-order valence-electron chi connectivity index (χ1n) is 7.43. The molecule has 102 valence electrons. The van der Waals surface area contributed by atoms with Crippen LogP contribution in [0.25, 0.3) is 0 Å². The molecule has 2 heteroatoms. The van der Waals surface area contributed by atoms with Gasteiger partial charge in [0.2, 0.25) is 0 Å². The van der Waals surface area contributed by atoms with E-state index in [9.17, 15) is 5.26 Å². The Kier molecular flexibility index (Phi) is 4.99. The van der Waals surface area contributed by atoms with Crippen LogP contribution in [0.1, 0.15) is 56.7 Å². The molecule has 0 aliphatic heterocycles. The Bertz CT molecular complexity index is 422. The number of nitrogens with one attached hydrogen (secondary N) is 1. The first-order chi connectivity index (χ1) is 9.19. The van der Waals surface area contributed by atoms with E-state index in [1.165, 1.54) is 31.2 Å². The van der Waals surface area contributed by atoms with Crippen molar-refractivity contribution in [3.63, 3.8) is 0 Å². The predicted molar refractivity (Wildman–Crippen MR) is 78.7 cm³/mol. The average molecular weight is 256 g/mol. The topological polar surface area (TPSA) is 35.8 Å². The highest BCUT2D eigenvalue weighted by Crippen LogP contribution is 2.22. The van der Waals surface area contributed by atoms with E-state index >= 15 is 0 Å². The minimum absolute atomic E-state index is 0.156. The van der Waals surface area contributed by atoms with E-state index in [-0.39, 0.29) is 6.04 Å². The molecule has 1 aliphatic rings. The molecular formula is C17H24N2. The van der Waals surface area contributed by atoms with E-state index < -0.39 is 0 Å². The fourth-order valence-corrected chi connectivity index (χ4v) is 2.85. The highest BCUT2D eigenvalue weighted by Gasteiger charge is 2.19. The molecule has 2 nitrogen and oxygen atoms in total. The molecule has 0 aromatic heterocycles. The zero-order chi connectivity index (χ0) is 13.7. The Hall–Kier alpha value is -1.33. The molecule has 0 bridgehead atoms. The van der Waals surface area contributed by atoms with Crippen molar-refractivity contribution in [3.8, 4) is 6.07 Å². The van der Waals surface area contributed by atoms with E-state index in [0.29, 0.717) is 12.0 Å². The summed E-state index contributed by atoms with van der Waals surface area (Å²) in [6, 6.07) is 11.3. The Morgan fingerprint density at radius 2 is 1.84 bits per heavy atom. The van der Waals surface area contributed by atoms with Crippen LogP contribution in [0.3, 0.4) is 0 Å². The summed E-state index contributed by atoms with van der Waals surface area (Å²) < 4.78 is 0. The number of nitrogens with zero attached hydrogens (tertiary/aromatic N) is 1. The molecule has 2 rings (SSSR count). The third-order valence-corrected chi connectivity index (χ3v) is 3.84. The van der Waals surface area contributed by atoms with E-state index in [0.717, 1.165) is 12.0 Å². The van der Waals surface area contributed by atoms with Gasteiger partial charge in [-0.25, -0.2) is 0 Å². The van der Waals surface area contributed by atoms with Crippen LogP contribution < -0.4 is 5.32 Å². The number of nitriles is 1. The maximum atomic E-state index is 9.34. The van der Waals surface area contributed by atoms with Gasteiger partial charge in [0.05, 0.1) is 6.07 Å². The molecule has 0 spiro atoms. The Labute approximate surface area is 116 Å². The third kappa shape index (κ3) is 4.08. The highest BCUT2D eigenvalue weighted by molar-refractivity contribution is 5.28. The lowest BCUT2D eigenvalue weighted by Crippen LogP contribution is -2.29. The van der Waals surface area contributed by atoms with Crippen LogP contribution in [0.15, 0.2) is 24.3 Å². The second kappa shape index (κ2) is 6.73. The fraction of sp³-hybridized carbons (Fsp3) is 0.588. The van der Waals surface area contributed by atoms with Crippen LogP contribution >= 0.6 is 0 Å². The third-order valence-electron chi connectivity index (χ3n) is 3.84. The average Bonchev–Trinajstić information content (AvgIpc) is 2.89. The molecule has 0 amide bonds. The van der Waals surface area contributed by atoms with Crippen LogP contribution in [-0.4, -0.2) is 6.04 Å². The summed E-state index contributed by atoms with van der Waals surface area (Å²) in [6.07, 6.45) is 6.12. The summed E-state index contributed by atoms with van der Waals surface area (Å²) in [5.41, 5.74) is 2.46. The van der Waals surface area contributed by atoms with Gasteiger partial charge in [0.1, 0.15) is 6.04 Å². The number of hydrogen-bond acceptors (Lipinski definition) is 2. The van der Waals surface area contributed by atoms with Crippen molar-refractivity contribution in [2.75, 3.05) is 0 Å². The standard InChI is InChI=1S/C17H24N2/c1-13(2)11-14-7-9-15(10-8-14)17(12-18)19-16-5-3-4-6-16/h7-10,13,16-17,19H,3-6,11H2,1-2H3. The van der Waals surface area contributed by atoms with Crippen molar-refractivity contribution in [2.45, 2.75) is 58.0 Å². The second-order valence-electron chi connectivity index (χ2n) is 6.05. The summed E-state index contributed by atoms with van der Waals surface area (Å²) in [5, 5.41) is 12.8. The molecular weight excluding hydrogens is 232 g/mol. The molecule has 1 unspecified atom stereocenters. The minimum Gasteiger partial charge on any atom is -0.295 e.